The number of thioether (sulfide) groups is 2. The molecule has 8 heteroatoms. The number of nitrogens with two attached hydrogens (primary N) is 1. The van der Waals surface area contributed by atoms with Gasteiger partial charge in [0.05, 0.1) is 12.1 Å². The molecule has 2 aromatic carbocycles. The van der Waals surface area contributed by atoms with Gasteiger partial charge in [-0.05, 0) is 64.1 Å². The molecule has 0 bridgehead atoms. The predicted molar refractivity (Wildman–Crippen MR) is 154 cm³/mol. The monoisotopic (exact) mass is 505 g/mol. The zero-order chi connectivity index (χ0) is 25.8. The maximum Gasteiger partial charge on any atom is 0.247 e. The average Bonchev–Trinajstić information content (AvgIpc) is 2.73. The van der Waals surface area contributed by atoms with E-state index in [4.69, 9.17) is 11.1 Å². The van der Waals surface area contributed by atoms with Gasteiger partial charge < -0.3 is 15.8 Å². The van der Waals surface area contributed by atoms with E-state index in [1.807, 2.05) is 49.4 Å². The van der Waals surface area contributed by atoms with Gasteiger partial charge in [0.1, 0.15) is 0 Å². The van der Waals surface area contributed by atoms with Crippen molar-refractivity contribution in [3.05, 3.63) is 99.6 Å². The molecule has 4 N–H and O–H groups in total. The van der Waals surface area contributed by atoms with Gasteiger partial charge in [-0.3, -0.25) is 10.2 Å². The minimum absolute atomic E-state index is 0.0768. The van der Waals surface area contributed by atoms with Gasteiger partial charge in [0.2, 0.25) is 13.2 Å². The molecular formula is C27H32BN3O2S2. The van der Waals surface area contributed by atoms with Crippen LogP contribution in [0.25, 0.3) is 0 Å². The van der Waals surface area contributed by atoms with Crippen LogP contribution in [0, 0.1) is 12.3 Å². The van der Waals surface area contributed by atoms with Gasteiger partial charge in [-0.1, -0.05) is 73.5 Å². The Morgan fingerprint density at radius 2 is 1.60 bits per heavy atom. The number of nitrogens with one attached hydrogen (secondary N) is 2. The van der Waals surface area contributed by atoms with Gasteiger partial charge >= 0.3 is 0 Å². The number of carbonyl (C=O) groups is 2. The van der Waals surface area contributed by atoms with Crippen molar-refractivity contribution < 1.29 is 9.59 Å². The fraction of sp³-hybridized carbons (Fsp3) is 0.222. The van der Waals surface area contributed by atoms with Crippen LogP contribution < -0.4 is 11.1 Å². The summed E-state index contributed by atoms with van der Waals surface area (Å²) in [5.74, 6) is -0.213. The summed E-state index contributed by atoms with van der Waals surface area (Å²) in [7, 11) is 0.292. The molecule has 0 unspecified atom stereocenters. The lowest BCUT2D eigenvalue weighted by Crippen LogP contribution is -2.29. The predicted octanol–water partition coefficient (Wildman–Crippen LogP) is 5.51. The van der Waals surface area contributed by atoms with E-state index in [0.29, 0.717) is 25.8 Å². The highest BCUT2D eigenvalue weighted by molar-refractivity contribution is 8.17. The molecule has 0 aliphatic heterocycles. The lowest BCUT2D eigenvalue weighted by molar-refractivity contribution is -0.119. The molecule has 0 radical (unpaired) electrons. The van der Waals surface area contributed by atoms with Crippen molar-refractivity contribution in [1.29, 1.82) is 5.41 Å². The molecule has 2 aromatic rings. The zero-order valence-corrected chi connectivity index (χ0v) is 21.8. The smallest absolute Gasteiger partial charge is 0.247 e. The van der Waals surface area contributed by atoms with Crippen LogP contribution >= 0.6 is 23.5 Å². The minimum atomic E-state index is -0.213. The fourth-order valence-corrected chi connectivity index (χ4v) is 4.97. The quantitative estimate of drug-likeness (QED) is 0.144. The Morgan fingerprint density at radius 1 is 0.971 bits per heavy atom. The van der Waals surface area contributed by atoms with Gasteiger partial charge in [0, 0.05) is 12.1 Å². The number of hydrogen-bond acceptors (Lipinski definition) is 6. The molecule has 0 aliphatic rings. The van der Waals surface area contributed by atoms with Crippen LogP contribution in [-0.4, -0.2) is 24.0 Å². The molecule has 0 heterocycles. The van der Waals surface area contributed by atoms with Gasteiger partial charge in [-0.25, -0.2) is 0 Å². The maximum absolute atomic E-state index is 12.3. The van der Waals surface area contributed by atoms with Gasteiger partial charge in [0.15, 0.2) is 5.17 Å². The Bertz CT molecular complexity index is 1040. The second-order valence-corrected chi connectivity index (χ2v) is 10.9. The highest BCUT2D eigenvalue weighted by Crippen LogP contribution is 2.28. The molecular weight excluding hydrogens is 473 g/mol. The number of carbonyl (C=O) groups excluding carboxylic acids is 2. The summed E-state index contributed by atoms with van der Waals surface area (Å²) < 4.78 is 0. The van der Waals surface area contributed by atoms with Crippen molar-refractivity contribution >= 4 is 53.2 Å². The first kappa shape index (κ1) is 28.3. The third kappa shape index (κ3) is 11.8. The molecule has 0 fully saturated rings. The summed E-state index contributed by atoms with van der Waals surface area (Å²) in [6.45, 7) is 14.1. The number of benzene rings is 2. The van der Waals surface area contributed by atoms with Gasteiger partial charge in [-0.2, -0.15) is 0 Å². The van der Waals surface area contributed by atoms with Gasteiger partial charge in [-0.15, -0.1) is 11.8 Å². The second kappa shape index (κ2) is 14.4. The molecule has 0 atom stereocenters. The summed E-state index contributed by atoms with van der Waals surface area (Å²) in [5, 5.41) is 10.7. The summed E-state index contributed by atoms with van der Waals surface area (Å²) in [6.07, 6.45) is 2.83. The molecule has 0 spiro atoms. The molecule has 35 heavy (non-hydrogen) atoms. The average molecular weight is 506 g/mol. The highest BCUT2D eigenvalue weighted by atomic mass is 32.2. The first-order chi connectivity index (χ1) is 16.6. The Labute approximate surface area is 217 Å². The Morgan fingerprint density at radius 3 is 2.26 bits per heavy atom. The standard InChI is InChI=1S/C27H32BN3O2S2/c1-18-8-5-11-22(14-18)17-26(33)31-27(30)35-20(3)10-6-9-19(2)34-21(4)28-25(32)16-23-12-7-13-24(29)15-23/h5,7-8,11-15,28H,2-4,6,9-10,16-17,29H2,1H3,(H2,30,31,33). The highest BCUT2D eigenvalue weighted by Gasteiger charge is 2.12. The molecule has 0 saturated carbocycles. The first-order valence-electron chi connectivity index (χ1n) is 11.3. The molecule has 5 nitrogen and oxygen atoms in total. The van der Waals surface area contributed by atoms with Crippen LogP contribution in [0.15, 0.2) is 82.9 Å². The summed E-state index contributed by atoms with van der Waals surface area (Å²) >= 11 is 2.61. The Balaban J connectivity index is 1.61. The lowest BCUT2D eigenvalue weighted by atomic mass is 9.71. The van der Waals surface area contributed by atoms with E-state index in [0.717, 1.165) is 44.1 Å². The Hall–Kier alpha value is -2.97. The van der Waals surface area contributed by atoms with E-state index in [-0.39, 0.29) is 23.2 Å². The molecule has 1 amide bonds. The van der Waals surface area contributed by atoms with Crippen molar-refractivity contribution in [1.82, 2.24) is 5.32 Å². The van der Waals surface area contributed by atoms with Crippen LogP contribution in [0.4, 0.5) is 5.69 Å². The largest absolute Gasteiger partial charge is 0.399 e. The van der Waals surface area contributed by atoms with Crippen molar-refractivity contribution in [2.75, 3.05) is 5.73 Å². The molecule has 0 saturated heterocycles. The van der Waals surface area contributed by atoms with Crippen LogP contribution in [0.5, 0.6) is 0 Å². The van der Waals surface area contributed by atoms with E-state index in [1.165, 1.54) is 23.5 Å². The number of hydrogen-bond donors (Lipinski definition) is 3. The number of amides is 1. The van der Waals surface area contributed by atoms with E-state index >= 15 is 0 Å². The number of allylic oxidation sites excluding steroid dienone is 2. The van der Waals surface area contributed by atoms with E-state index in [1.54, 1.807) is 6.07 Å². The number of aryl methyl sites for hydroxylation is 1. The van der Waals surface area contributed by atoms with Crippen LogP contribution in [0.1, 0.15) is 36.0 Å². The zero-order valence-electron chi connectivity index (χ0n) is 20.2. The number of nitrogen functional groups attached to an aromatic ring is 1. The summed E-state index contributed by atoms with van der Waals surface area (Å²) in [4.78, 5) is 27.0. The van der Waals surface area contributed by atoms with Crippen LogP contribution in [0.2, 0.25) is 0 Å². The van der Waals surface area contributed by atoms with E-state index in [2.05, 4.69) is 25.1 Å². The van der Waals surface area contributed by atoms with Crippen molar-refractivity contribution in [2.45, 2.75) is 39.0 Å². The first-order valence-corrected chi connectivity index (χ1v) is 12.9. The van der Waals surface area contributed by atoms with E-state index < -0.39 is 0 Å². The minimum Gasteiger partial charge on any atom is -0.399 e. The SMILES string of the molecule is C=C(BC(=O)Cc1cccc(N)c1)SC(=C)CCCC(=C)SC(=N)NC(=O)Cc1cccc(C)c1. The summed E-state index contributed by atoms with van der Waals surface area (Å²) in [5.41, 5.74) is 9.43. The van der Waals surface area contributed by atoms with E-state index in [9.17, 15) is 9.59 Å². The van der Waals surface area contributed by atoms with Crippen LogP contribution in [0.3, 0.4) is 0 Å². The normalized spacial score (nSPS) is 10.3. The molecule has 182 valence electrons. The lowest BCUT2D eigenvalue weighted by Gasteiger charge is -2.10. The molecule has 2 rings (SSSR count). The number of anilines is 1. The van der Waals surface area contributed by atoms with Crippen LogP contribution in [-0.2, 0) is 22.4 Å². The number of amidine groups is 1. The third-order valence-corrected chi connectivity index (χ3v) is 6.62. The third-order valence-electron chi connectivity index (χ3n) is 4.89. The maximum atomic E-state index is 12.3. The second-order valence-electron chi connectivity index (χ2n) is 8.35. The topological polar surface area (TPSA) is 96.0 Å². The number of rotatable bonds is 13. The fourth-order valence-electron chi connectivity index (χ4n) is 3.39. The summed E-state index contributed by atoms with van der Waals surface area (Å²) in [6, 6.07) is 15.1. The van der Waals surface area contributed by atoms with Gasteiger partial charge in [0.25, 0.3) is 0 Å². The van der Waals surface area contributed by atoms with Crippen molar-refractivity contribution in [3.8, 4) is 0 Å². The molecule has 0 aromatic heterocycles. The van der Waals surface area contributed by atoms with Crippen molar-refractivity contribution in [2.24, 2.45) is 0 Å². The Kier molecular flexibility index (Phi) is 11.7. The molecule has 0 aliphatic carbocycles. The van der Waals surface area contributed by atoms with Crippen molar-refractivity contribution in [3.63, 3.8) is 0 Å².